The SMILES string of the molecule is CC(C)(C)C1=[C]([Zr+2]2([CH]3c4ccc(C(C)(C)C)cc4-c4cc(C(C)(C)C)ccc43)[CH2][CH2]2)CC=C1.[Cl-].[Cl-]. The summed E-state index contributed by atoms with van der Waals surface area (Å²) in [4.78, 5) is 0. The van der Waals surface area contributed by atoms with Gasteiger partial charge in [0.2, 0.25) is 0 Å². The van der Waals surface area contributed by atoms with Gasteiger partial charge in [-0.3, -0.25) is 0 Å². The number of benzene rings is 2. The van der Waals surface area contributed by atoms with E-state index in [0.29, 0.717) is 3.63 Å². The van der Waals surface area contributed by atoms with E-state index in [2.05, 4.69) is 111 Å². The van der Waals surface area contributed by atoms with E-state index in [0.717, 1.165) is 0 Å². The van der Waals surface area contributed by atoms with E-state index in [1.807, 2.05) is 3.28 Å². The second-order valence-electron chi connectivity index (χ2n) is 13.9. The van der Waals surface area contributed by atoms with Crippen molar-refractivity contribution in [2.75, 3.05) is 0 Å². The monoisotopic (exact) mass is 586 g/mol. The summed E-state index contributed by atoms with van der Waals surface area (Å²) in [5.74, 6) is 0. The van der Waals surface area contributed by atoms with Crippen LogP contribution in [0.15, 0.2) is 57.4 Å². The molecule has 5 rings (SSSR count). The van der Waals surface area contributed by atoms with Gasteiger partial charge < -0.3 is 24.8 Å². The van der Waals surface area contributed by atoms with Gasteiger partial charge in [-0.25, -0.2) is 0 Å². The molecular formula is C32H42Cl2Zr. The minimum Gasteiger partial charge on any atom is -1.00 e. The van der Waals surface area contributed by atoms with Crippen molar-refractivity contribution in [1.29, 1.82) is 0 Å². The molecular weight excluding hydrogens is 546 g/mol. The zero-order chi connectivity index (χ0) is 24.0. The second kappa shape index (κ2) is 9.29. The van der Waals surface area contributed by atoms with Gasteiger partial charge in [0.15, 0.2) is 0 Å². The molecule has 1 aliphatic heterocycles. The molecule has 0 unspecified atom stereocenters. The Balaban J connectivity index is 0.00000171. The molecule has 0 amide bonds. The topological polar surface area (TPSA) is 0 Å². The standard InChI is InChI=1S/C21H25.C9H13.C2H4.2ClH.Zr/c1-20(2,3)16-9-7-14-11-15-8-10-17(21(4,5)6)13-19(15)18(14)12-16;1-9(2,3)8-6-4-5-7-8;1-2;;;/h7-13H,1-6H3;4,6H,5H2,1-3H3;1-2H2;2*1H;/q;;;;;+2/p-2. The maximum Gasteiger partial charge on any atom is -1.00 e. The van der Waals surface area contributed by atoms with Crippen LogP contribution < -0.4 is 24.8 Å². The van der Waals surface area contributed by atoms with Crippen LogP contribution >= 0.6 is 0 Å². The number of hydrogen-bond acceptors (Lipinski definition) is 0. The van der Waals surface area contributed by atoms with Crippen LogP contribution in [0.4, 0.5) is 0 Å². The van der Waals surface area contributed by atoms with Crippen LogP contribution in [0.2, 0.25) is 8.26 Å². The molecule has 0 saturated carbocycles. The number of halogens is 2. The smallest absolute Gasteiger partial charge is 1.00 e. The van der Waals surface area contributed by atoms with Gasteiger partial charge >= 0.3 is 208 Å². The predicted octanol–water partition coefficient (Wildman–Crippen LogP) is 3.62. The van der Waals surface area contributed by atoms with E-state index in [1.165, 1.54) is 25.8 Å². The minimum atomic E-state index is -2.53. The van der Waals surface area contributed by atoms with E-state index in [9.17, 15) is 0 Å². The third kappa shape index (κ3) is 4.84. The molecule has 1 saturated heterocycles. The normalized spacial score (nSPS) is 17.7. The fourth-order valence-corrected chi connectivity index (χ4v) is 22.6. The third-order valence-corrected chi connectivity index (χ3v) is 20.7. The summed E-state index contributed by atoms with van der Waals surface area (Å²) in [6.07, 6.45) is 6.17. The van der Waals surface area contributed by atoms with E-state index >= 15 is 0 Å². The first-order valence-electron chi connectivity index (χ1n) is 12.9. The van der Waals surface area contributed by atoms with Crippen molar-refractivity contribution in [3.8, 4) is 11.1 Å². The zero-order valence-electron chi connectivity index (χ0n) is 23.1. The van der Waals surface area contributed by atoms with E-state index in [1.54, 1.807) is 27.8 Å². The summed E-state index contributed by atoms with van der Waals surface area (Å²) in [5.41, 5.74) is 11.6. The van der Waals surface area contributed by atoms with Crippen molar-refractivity contribution < 1.29 is 45.1 Å². The summed E-state index contributed by atoms with van der Waals surface area (Å²) >= 11 is -2.53. The average Bonchev–Trinajstić information content (AvgIpc) is 3.19. The maximum absolute atomic E-state index is 2.55. The number of hydrogen-bond donors (Lipinski definition) is 0. The molecule has 35 heavy (non-hydrogen) atoms. The van der Waals surface area contributed by atoms with Gasteiger partial charge in [-0.2, -0.15) is 0 Å². The molecule has 1 fully saturated rings. The van der Waals surface area contributed by atoms with Crippen LogP contribution in [-0.2, 0) is 31.1 Å². The molecule has 3 aliphatic rings. The number of fused-ring (bicyclic) bond motifs is 3. The molecule has 2 aromatic rings. The first kappa shape index (κ1) is 28.9. The average molecular weight is 589 g/mol. The number of allylic oxidation sites excluding steroid dienone is 4. The van der Waals surface area contributed by atoms with E-state index in [4.69, 9.17) is 0 Å². The summed E-state index contributed by atoms with van der Waals surface area (Å²) in [5, 5.41) is 0. The second-order valence-corrected chi connectivity index (χ2v) is 25.0. The van der Waals surface area contributed by atoms with Crippen molar-refractivity contribution in [2.45, 2.75) is 91.4 Å². The largest absolute Gasteiger partial charge is 1.00 e. The molecule has 2 aliphatic carbocycles. The quantitative estimate of drug-likeness (QED) is 0.503. The van der Waals surface area contributed by atoms with Crippen LogP contribution in [0.25, 0.3) is 11.1 Å². The Hall–Kier alpha value is -0.617. The van der Waals surface area contributed by atoms with Gasteiger partial charge in [0.25, 0.3) is 0 Å². The maximum atomic E-state index is 2.55. The molecule has 0 atom stereocenters. The van der Waals surface area contributed by atoms with Crippen LogP contribution in [0.3, 0.4) is 0 Å². The Morgan fingerprint density at radius 2 is 1.11 bits per heavy atom. The molecule has 1 heterocycles. The summed E-state index contributed by atoms with van der Waals surface area (Å²) in [6.45, 7) is 21.3. The van der Waals surface area contributed by atoms with Gasteiger partial charge in [-0.15, -0.1) is 0 Å². The molecule has 188 valence electrons. The van der Waals surface area contributed by atoms with Gasteiger partial charge in [0, 0.05) is 0 Å². The molecule has 0 bridgehead atoms. The molecule has 0 radical (unpaired) electrons. The van der Waals surface area contributed by atoms with Crippen molar-refractivity contribution >= 4 is 0 Å². The van der Waals surface area contributed by atoms with Gasteiger partial charge in [0.1, 0.15) is 0 Å². The molecule has 0 spiro atoms. The Labute approximate surface area is 231 Å². The molecule has 2 aromatic carbocycles. The third-order valence-electron chi connectivity index (χ3n) is 8.43. The van der Waals surface area contributed by atoms with Gasteiger partial charge in [-0.1, -0.05) is 0 Å². The summed E-state index contributed by atoms with van der Waals surface area (Å²) < 4.78 is 5.67. The van der Waals surface area contributed by atoms with Crippen molar-refractivity contribution in [1.82, 2.24) is 0 Å². The molecule has 0 N–H and O–H groups in total. The predicted molar refractivity (Wildman–Crippen MR) is 141 cm³/mol. The summed E-state index contributed by atoms with van der Waals surface area (Å²) in [7, 11) is 0. The first-order valence-corrected chi connectivity index (χ1v) is 19.1. The molecule has 0 aromatic heterocycles. The van der Waals surface area contributed by atoms with Crippen molar-refractivity contribution in [2.24, 2.45) is 5.41 Å². The Bertz CT molecular complexity index is 1130. The number of rotatable bonds is 2. The Morgan fingerprint density at radius 3 is 1.49 bits per heavy atom. The summed E-state index contributed by atoms with van der Waals surface area (Å²) in [6, 6.07) is 15.1. The van der Waals surface area contributed by atoms with E-state index < -0.39 is 20.3 Å². The molecule has 3 heteroatoms. The van der Waals surface area contributed by atoms with Crippen LogP contribution in [-0.4, -0.2) is 0 Å². The minimum absolute atomic E-state index is 0. The van der Waals surface area contributed by atoms with Crippen LogP contribution in [0.5, 0.6) is 0 Å². The molecule has 0 nitrogen and oxygen atoms in total. The van der Waals surface area contributed by atoms with Gasteiger partial charge in [0.05, 0.1) is 0 Å². The van der Waals surface area contributed by atoms with Gasteiger partial charge in [-0.05, 0) is 0 Å². The fourth-order valence-electron chi connectivity index (χ4n) is 6.36. The zero-order valence-corrected chi connectivity index (χ0v) is 27.0. The van der Waals surface area contributed by atoms with Crippen LogP contribution in [0, 0.1) is 5.41 Å². The van der Waals surface area contributed by atoms with Crippen molar-refractivity contribution in [3.05, 3.63) is 79.7 Å². The van der Waals surface area contributed by atoms with Crippen molar-refractivity contribution in [3.63, 3.8) is 0 Å². The Morgan fingerprint density at radius 1 is 0.657 bits per heavy atom. The Kier molecular flexibility index (Phi) is 7.68. The van der Waals surface area contributed by atoms with Crippen LogP contribution in [0.1, 0.15) is 94.6 Å². The first-order chi connectivity index (χ1) is 15.2. The van der Waals surface area contributed by atoms with E-state index in [-0.39, 0.29) is 41.1 Å². The fraction of sp³-hybridized carbons (Fsp3) is 0.500.